The largest absolute Gasteiger partial charge is 0.467 e. The van der Waals surface area contributed by atoms with Crippen LogP contribution in [-0.4, -0.2) is 16.7 Å². The van der Waals surface area contributed by atoms with Crippen LogP contribution in [0.15, 0.2) is 71.0 Å². The molecular formula is C23H19FN2O3. The summed E-state index contributed by atoms with van der Waals surface area (Å²) in [6, 6.07) is 14.7. The van der Waals surface area contributed by atoms with E-state index in [-0.39, 0.29) is 23.6 Å². The van der Waals surface area contributed by atoms with E-state index in [0.717, 1.165) is 16.0 Å². The summed E-state index contributed by atoms with van der Waals surface area (Å²) in [5.41, 5.74) is 3.72. The summed E-state index contributed by atoms with van der Waals surface area (Å²) in [5, 5.41) is 3.01. The molecule has 0 saturated carbocycles. The second-order valence-electron chi connectivity index (χ2n) is 6.96. The number of carbonyl (C=O) groups is 2. The summed E-state index contributed by atoms with van der Waals surface area (Å²) in [4.78, 5) is 27.5. The number of anilines is 1. The third kappa shape index (κ3) is 3.57. The van der Waals surface area contributed by atoms with Gasteiger partial charge in [0, 0.05) is 5.69 Å². The summed E-state index contributed by atoms with van der Waals surface area (Å²) in [6.07, 6.45) is 1.50. The van der Waals surface area contributed by atoms with Crippen LogP contribution < -0.4 is 5.32 Å². The van der Waals surface area contributed by atoms with Gasteiger partial charge in [-0.2, -0.15) is 0 Å². The van der Waals surface area contributed by atoms with Gasteiger partial charge in [-0.3, -0.25) is 14.5 Å². The van der Waals surface area contributed by atoms with Crippen LogP contribution >= 0.6 is 0 Å². The Hall–Kier alpha value is -3.67. The van der Waals surface area contributed by atoms with Crippen LogP contribution in [0.25, 0.3) is 5.57 Å². The van der Waals surface area contributed by atoms with Crippen molar-refractivity contribution in [3.05, 3.63) is 94.8 Å². The molecule has 2 amide bonds. The fourth-order valence-electron chi connectivity index (χ4n) is 3.24. The Morgan fingerprint density at radius 2 is 1.72 bits per heavy atom. The average molecular weight is 390 g/mol. The Balaban J connectivity index is 1.77. The molecule has 0 radical (unpaired) electrons. The summed E-state index contributed by atoms with van der Waals surface area (Å²) >= 11 is 0. The van der Waals surface area contributed by atoms with E-state index in [1.807, 2.05) is 32.0 Å². The molecule has 0 saturated heterocycles. The number of halogens is 1. The number of imide groups is 1. The van der Waals surface area contributed by atoms with Crippen LogP contribution in [0.3, 0.4) is 0 Å². The molecule has 1 N–H and O–H groups in total. The molecule has 2 aromatic carbocycles. The number of amides is 2. The van der Waals surface area contributed by atoms with Crippen molar-refractivity contribution in [3.8, 4) is 0 Å². The summed E-state index contributed by atoms with van der Waals surface area (Å²) in [5.74, 6) is -0.732. The third-order valence-electron chi connectivity index (χ3n) is 4.97. The van der Waals surface area contributed by atoms with Crippen molar-refractivity contribution in [2.24, 2.45) is 0 Å². The monoisotopic (exact) mass is 390 g/mol. The molecule has 0 spiro atoms. The van der Waals surface area contributed by atoms with Crippen LogP contribution in [0.2, 0.25) is 0 Å². The Bertz CT molecular complexity index is 1120. The van der Waals surface area contributed by atoms with Crippen molar-refractivity contribution >= 4 is 23.1 Å². The highest BCUT2D eigenvalue weighted by Crippen LogP contribution is 2.32. The zero-order valence-corrected chi connectivity index (χ0v) is 16.0. The van der Waals surface area contributed by atoms with Crippen LogP contribution in [0, 0.1) is 19.7 Å². The molecule has 1 aliphatic heterocycles. The molecule has 1 aliphatic rings. The molecule has 0 fully saturated rings. The van der Waals surface area contributed by atoms with Crippen molar-refractivity contribution in [2.75, 3.05) is 5.32 Å². The number of benzene rings is 2. The fourth-order valence-corrected chi connectivity index (χ4v) is 3.24. The van der Waals surface area contributed by atoms with Gasteiger partial charge in [0.25, 0.3) is 11.8 Å². The summed E-state index contributed by atoms with van der Waals surface area (Å²) in [7, 11) is 0. The highest BCUT2D eigenvalue weighted by molar-refractivity contribution is 6.36. The second-order valence-corrected chi connectivity index (χ2v) is 6.96. The minimum Gasteiger partial charge on any atom is -0.467 e. The molecule has 4 rings (SSSR count). The first-order valence-corrected chi connectivity index (χ1v) is 9.17. The molecule has 2 heterocycles. The first-order chi connectivity index (χ1) is 13.9. The van der Waals surface area contributed by atoms with Gasteiger partial charge in [0.1, 0.15) is 17.3 Å². The first kappa shape index (κ1) is 18.7. The van der Waals surface area contributed by atoms with Gasteiger partial charge in [0.05, 0.1) is 18.4 Å². The number of nitrogens with zero attached hydrogens (tertiary/aromatic N) is 1. The minimum atomic E-state index is -0.455. The minimum absolute atomic E-state index is 0.0353. The van der Waals surface area contributed by atoms with E-state index in [9.17, 15) is 14.0 Å². The number of aryl methyl sites for hydroxylation is 2. The fraction of sp³-hybridized carbons (Fsp3) is 0.130. The average Bonchev–Trinajstić information content (AvgIpc) is 3.29. The molecule has 29 heavy (non-hydrogen) atoms. The predicted octanol–water partition coefficient (Wildman–Crippen LogP) is 4.43. The lowest BCUT2D eigenvalue weighted by atomic mass is 9.99. The highest BCUT2D eigenvalue weighted by atomic mass is 19.1. The van der Waals surface area contributed by atoms with Crippen molar-refractivity contribution in [1.82, 2.24) is 4.90 Å². The zero-order valence-electron chi connectivity index (χ0n) is 16.0. The topological polar surface area (TPSA) is 62.6 Å². The van der Waals surface area contributed by atoms with E-state index in [1.54, 1.807) is 12.1 Å². The molecular weight excluding hydrogens is 371 g/mol. The smallest absolute Gasteiger partial charge is 0.278 e. The van der Waals surface area contributed by atoms with E-state index in [4.69, 9.17) is 4.42 Å². The lowest BCUT2D eigenvalue weighted by Gasteiger charge is -2.13. The van der Waals surface area contributed by atoms with Gasteiger partial charge < -0.3 is 9.73 Å². The maximum Gasteiger partial charge on any atom is 0.278 e. The number of hydrogen-bond donors (Lipinski definition) is 1. The maximum absolute atomic E-state index is 13.3. The van der Waals surface area contributed by atoms with E-state index in [2.05, 4.69) is 5.32 Å². The van der Waals surface area contributed by atoms with Crippen molar-refractivity contribution in [3.63, 3.8) is 0 Å². The van der Waals surface area contributed by atoms with Crippen LogP contribution in [0.5, 0.6) is 0 Å². The van der Waals surface area contributed by atoms with E-state index < -0.39 is 11.8 Å². The SMILES string of the molecule is Cc1ccc(C2=C(Nc3ccc(F)cc3)C(=O)N(Cc3ccco3)C2=O)cc1C. The van der Waals surface area contributed by atoms with Crippen molar-refractivity contribution in [1.29, 1.82) is 0 Å². The van der Waals surface area contributed by atoms with Gasteiger partial charge in [0.15, 0.2) is 0 Å². The molecule has 6 heteroatoms. The zero-order chi connectivity index (χ0) is 20.5. The molecule has 3 aromatic rings. The van der Waals surface area contributed by atoms with Gasteiger partial charge in [-0.1, -0.05) is 18.2 Å². The molecule has 0 aliphatic carbocycles. The summed E-state index contributed by atoms with van der Waals surface area (Å²) in [6.45, 7) is 3.97. The number of nitrogens with one attached hydrogen (secondary N) is 1. The number of carbonyl (C=O) groups excluding carboxylic acids is 2. The normalized spacial score (nSPS) is 14.1. The number of rotatable bonds is 5. The van der Waals surface area contributed by atoms with Crippen molar-refractivity contribution in [2.45, 2.75) is 20.4 Å². The van der Waals surface area contributed by atoms with E-state index in [1.165, 1.54) is 30.5 Å². The van der Waals surface area contributed by atoms with Gasteiger partial charge in [-0.15, -0.1) is 0 Å². The molecule has 0 bridgehead atoms. The quantitative estimate of drug-likeness (QED) is 0.655. The summed E-state index contributed by atoms with van der Waals surface area (Å²) < 4.78 is 18.6. The standard InChI is InChI=1S/C23H19FN2O3/c1-14-5-6-16(12-15(14)2)20-21(25-18-9-7-17(24)8-10-18)23(28)26(22(20)27)13-19-4-3-11-29-19/h3-12,25H,13H2,1-2H3. The number of furan rings is 1. The van der Waals surface area contributed by atoms with Crippen LogP contribution in [-0.2, 0) is 16.1 Å². The van der Waals surface area contributed by atoms with Gasteiger partial charge in [0.2, 0.25) is 0 Å². The Labute approximate surface area is 167 Å². The van der Waals surface area contributed by atoms with Gasteiger partial charge in [-0.25, -0.2) is 4.39 Å². The lowest BCUT2D eigenvalue weighted by molar-refractivity contribution is -0.137. The Morgan fingerprint density at radius 3 is 2.38 bits per heavy atom. The van der Waals surface area contributed by atoms with Crippen LogP contribution in [0.1, 0.15) is 22.5 Å². The lowest BCUT2D eigenvalue weighted by Crippen LogP contribution is -2.31. The molecule has 0 unspecified atom stereocenters. The second kappa shape index (κ2) is 7.39. The van der Waals surface area contributed by atoms with Crippen LogP contribution in [0.4, 0.5) is 10.1 Å². The van der Waals surface area contributed by atoms with E-state index >= 15 is 0 Å². The molecule has 0 atom stereocenters. The highest BCUT2D eigenvalue weighted by Gasteiger charge is 2.39. The first-order valence-electron chi connectivity index (χ1n) is 9.17. The molecule has 1 aromatic heterocycles. The molecule has 146 valence electrons. The maximum atomic E-state index is 13.3. The van der Waals surface area contributed by atoms with Gasteiger partial charge in [-0.05, 0) is 66.9 Å². The Morgan fingerprint density at radius 1 is 0.966 bits per heavy atom. The third-order valence-corrected chi connectivity index (χ3v) is 4.97. The Kier molecular flexibility index (Phi) is 4.76. The molecule has 5 nitrogen and oxygen atoms in total. The number of hydrogen-bond acceptors (Lipinski definition) is 4. The van der Waals surface area contributed by atoms with Crippen molar-refractivity contribution < 1.29 is 18.4 Å². The van der Waals surface area contributed by atoms with E-state index in [0.29, 0.717) is 17.0 Å². The predicted molar refractivity (Wildman–Crippen MR) is 107 cm³/mol. The van der Waals surface area contributed by atoms with Gasteiger partial charge >= 0.3 is 0 Å².